The fourth-order valence-electron chi connectivity index (χ4n) is 3.02. The van der Waals surface area contributed by atoms with Crippen molar-refractivity contribution in [3.8, 4) is 0 Å². The Labute approximate surface area is 109 Å². The lowest BCUT2D eigenvalue weighted by Gasteiger charge is -2.21. The number of fused-ring (bicyclic) bond motifs is 1. The molecule has 1 aromatic carbocycles. The van der Waals surface area contributed by atoms with Gasteiger partial charge in [0.25, 0.3) is 0 Å². The van der Waals surface area contributed by atoms with E-state index in [4.69, 9.17) is 4.74 Å². The highest BCUT2D eigenvalue weighted by Gasteiger charge is 2.22. The van der Waals surface area contributed by atoms with Crippen LogP contribution in [0.25, 0.3) is 0 Å². The summed E-state index contributed by atoms with van der Waals surface area (Å²) >= 11 is 0. The number of hydrogen-bond acceptors (Lipinski definition) is 3. The molecule has 0 spiro atoms. The molecule has 0 saturated carbocycles. The summed E-state index contributed by atoms with van der Waals surface area (Å²) in [4.78, 5) is 2.49. The van der Waals surface area contributed by atoms with E-state index in [1.165, 1.54) is 36.1 Å². The number of benzene rings is 1. The van der Waals surface area contributed by atoms with Crippen LogP contribution in [0, 0.1) is 0 Å². The Morgan fingerprint density at radius 2 is 2.39 bits per heavy atom. The van der Waals surface area contributed by atoms with Crippen molar-refractivity contribution in [2.75, 3.05) is 32.1 Å². The molecule has 2 aliphatic rings. The highest BCUT2D eigenvalue weighted by atomic mass is 16.5. The lowest BCUT2D eigenvalue weighted by atomic mass is 10.0. The van der Waals surface area contributed by atoms with E-state index < -0.39 is 0 Å². The van der Waals surface area contributed by atoms with Crippen LogP contribution in [-0.4, -0.2) is 37.7 Å². The zero-order chi connectivity index (χ0) is 12.4. The van der Waals surface area contributed by atoms with E-state index in [9.17, 15) is 0 Å². The standard InChI is InChI=1S/C15H22N2O/c1-18-14-6-8-17(11-14)10-12-4-5-15-13(9-12)3-2-7-16-15/h4-5,9,14,16H,2-3,6-8,10-11H2,1H3. The maximum absolute atomic E-state index is 5.42. The van der Waals surface area contributed by atoms with Gasteiger partial charge in [0.05, 0.1) is 6.10 Å². The van der Waals surface area contributed by atoms with E-state index >= 15 is 0 Å². The molecule has 1 aromatic rings. The molecule has 0 bridgehead atoms. The van der Waals surface area contributed by atoms with Gasteiger partial charge in [0.2, 0.25) is 0 Å². The van der Waals surface area contributed by atoms with Crippen molar-refractivity contribution < 1.29 is 4.74 Å². The van der Waals surface area contributed by atoms with Gasteiger partial charge in [-0.15, -0.1) is 0 Å². The summed E-state index contributed by atoms with van der Waals surface area (Å²) in [5.41, 5.74) is 4.26. The molecule has 2 aliphatic heterocycles. The lowest BCUT2D eigenvalue weighted by molar-refractivity contribution is 0.107. The van der Waals surface area contributed by atoms with Crippen LogP contribution >= 0.6 is 0 Å². The fraction of sp³-hybridized carbons (Fsp3) is 0.600. The summed E-state index contributed by atoms with van der Waals surface area (Å²) in [5.74, 6) is 0. The Bertz CT molecular complexity index is 419. The predicted molar refractivity (Wildman–Crippen MR) is 73.9 cm³/mol. The Morgan fingerprint density at radius 1 is 1.44 bits per heavy atom. The molecular weight excluding hydrogens is 224 g/mol. The van der Waals surface area contributed by atoms with Gasteiger partial charge >= 0.3 is 0 Å². The van der Waals surface area contributed by atoms with Gasteiger partial charge in [0, 0.05) is 39.0 Å². The van der Waals surface area contributed by atoms with Crippen molar-refractivity contribution in [2.24, 2.45) is 0 Å². The number of rotatable bonds is 3. The quantitative estimate of drug-likeness (QED) is 0.885. The second kappa shape index (κ2) is 5.29. The van der Waals surface area contributed by atoms with Crippen LogP contribution in [0.5, 0.6) is 0 Å². The van der Waals surface area contributed by atoms with E-state index in [1.54, 1.807) is 0 Å². The van der Waals surface area contributed by atoms with Crippen molar-refractivity contribution in [1.29, 1.82) is 0 Å². The molecule has 1 unspecified atom stereocenters. The summed E-state index contributed by atoms with van der Waals surface area (Å²) in [7, 11) is 1.82. The average molecular weight is 246 g/mol. The molecule has 98 valence electrons. The van der Waals surface area contributed by atoms with Crippen molar-refractivity contribution in [2.45, 2.75) is 31.9 Å². The summed E-state index contributed by atoms with van der Waals surface area (Å²) < 4.78 is 5.42. The SMILES string of the molecule is COC1CCN(Cc2ccc3c(c2)CCCN3)C1. The second-order valence-corrected chi connectivity index (χ2v) is 5.40. The minimum absolute atomic E-state index is 0.435. The summed E-state index contributed by atoms with van der Waals surface area (Å²) in [5, 5.41) is 3.47. The Balaban J connectivity index is 1.66. The van der Waals surface area contributed by atoms with Gasteiger partial charge in [0.15, 0.2) is 0 Å². The van der Waals surface area contributed by atoms with E-state index in [-0.39, 0.29) is 0 Å². The Hall–Kier alpha value is -1.06. The minimum atomic E-state index is 0.435. The number of aryl methyl sites for hydroxylation is 1. The van der Waals surface area contributed by atoms with Crippen molar-refractivity contribution in [3.05, 3.63) is 29.3 Å². The molecule has 1 fully saturated rings. The average Bonchev–Trinajstić information content (AvgIpc) is 2.86. The molecule has 0 amide bonds. The maximum atomic E-state index is 5.42. The highest BCUT2D eigenvalue weighted by Crippen LogP contribution is 2.24. The molecule has 3 heteroatoms. The van der Waals surface area contributed by atoms with E-state index in [0.29, 0.717) is 6.10 Å². The van der Waals surface area contributed by atoms with Gasteiger partial charge in [-0.1, -0.05) is 12.1 Å². The Morgan fingerprint density at radius 3 is 3.22 bits per heavy atom. The summed E-state index contributed by atoms with van der Waals surface area (Å²) in [6, 6.07) is 6.88. The zero-order valence-corrected chi connectivity index (χ0v) is 11.1. The van der Waals surface area contributed by atoms with Crippen molar-refractivity contribution >= 4 is 5.69 Å². The molecule has 0 aliphatic carbocycles. The molecule has 2 heterocycles. The number of methoxy groups -OCH3 is 1. The van der Waals surface area contributed by atoms with Crippen LogP contribution in [0.1, 0.15) is 24.0 Å². The number of anilines is 1. The molecule has 1 saturated heterocycles. The van der Waals surface area contributed by atoms with Gasteiger partial charge in [0.1, 0.15) is 0 Å². The first kappa shape index (κ1) is 12.0. The number of likely N-dealkylation sites (tertiary alicyclic amines) is 1. The fourth-order valence-corrected chi connectivity index (χ4v) is 3.02. The maximum Gasteiger partial charge on any atom is 0.0710 e. The third kappa shape index (κ3) is 2.52. The second-order valence-electron chi connectivity index (χ2n) is 5.40. The van der Waals surface area contributed by atoms with Gasteiger partial charge < -0.3 is 10.1 Å². The van der Waals surface area contributed by atoms with E-state index in [1.807, 2.05) is 7.11 Å². The molecular formula is C15H22N2O. The minimum Gasteiger partial charge on any atom is -0.385 e. The summed E-state index contributed by atoms with van der Waals surface area (Å²) in [6.45, 7) is 4.42. The van der Waals surface area contributed by atoms with Crippen LogP contribution < -0.4 is 5.32 Å². The van der Waals surface area contributed by atoms with Crippen LogP contribution in [0.2, 0.25) is 0 Å². The smallest absolute Gasteiger partial charge is 0.0710 e. The Kier molecular flexibility index (Phi) is 3.52. The molecule has 3 rings (SSSR count). The number of ether oxygens (including phenoxy) is 1. The molecule has 18 heavy (non-hydrogen) atoms. The van der Waals surface area contributed by atoms with Crippen molar-refractivity contribution in [1.82, 2.24) is 4.90 Å². The monoisotopic (exact) mass is 246 g/mol. The van der Waals surface area contributed by atoms with E-state index in [2.05, 4.69) is 28.4 Å². The zero-order valence-electron chi connectivity index (χ0n) is 11.1. The van der Waals surface area contributed by atoms with Gasteiger partial charge in [-0.3, -0.25) is 4.90 Å². The normalized spacial score (nSPS) is 23.7. The predicted octanol–water partition coefficient (Wildman–Crippen LogP) is 2.27. The lowest BCUT2D eigenvalue weighted by Crippen LogP contribution is -2.22. The topological polar surface area (TPSA) is 24.5 Å². The van der Waals surface area contributed by atoms with Gasteiger partial charge in [-0.25, -0.2) is 0 Å². The largest absolute Gasteiger partial charge is 0.385 e. The number of nitrogens with zero attached hydrogens (tertiary/aromatic N) is 1. The van der Waals surface area contributed by atoms with Crippen molar-refractivity contribution in [3.63, 3.8) is 0 Å². The van der Waals surface area contributed by atoms with Gasteiger partial charge in [-0.05, 0) is 36.5 Å². The molecule has 3 nitrogen and oxygen atoms in total. The molecule has 0 aromatic heterocycles. The number of nitrogens with one attached hydrogen (secondary N) is 1. The first-order valence-corrected chi connectivity index (χ1v) is 6.96. The van der Waals surface area contributed by atoms with Crippen LogP contribution in [-0.2, 0) is 17.7 Å². The molecule has 1 N–H and O–H groups in total. The van der Waals surface area contributed by atoms with Crippen LogP contribution in [0.4, 0.5) is 5.69 Å². The first-order valence-electron chi connectivity index (χ1n) is 6.96. The van der Waals surface area contributed by atoms with Crippen LogP contribution in [0.15, 0.2) is 18.2 Å². The van der Waals surface area contributed by atoms with Crippen LogP contribution in [0.3, 0.4) is 0 Å². The highest BCUT2D eigenvalue weighted by molar-refractivity contribution is 5.54. The summed E-state index contributed by atoms with van der Waals surface area (Å²) in [6.07, 6.45) is 4.08. The first-order chi connectivity index (χ1) is 8.85. The number of hydrogen-bond donors (Lipinski definition) is 1. The molecule has 1 atom stereocenters. The van der Waals surface area contributed by atoms with E-state index in [0.717, 1.165) is 26.2 Å². The van der Waals surface area contributed by atoms with Gasteiger partial charge in [-0.2, -0.15) is 0 Å². The third-order valence-electron chi connectivity index (χ3n) is 4.08. The molecule has 0 radical (unpaired) electrons. The third-order valence-corrected chi connectivity index (χ3v) is 4.08.